The van der Waals surface area contributed by atoms with E-state index in [1.165, 1.54) is 16.6 Å². The van der Waals surface area contributed by atoms with Crippen molar-refractivity contribution in [1.29, 1.82) is 5.26 Å². The van der Waals surface area contributed by atoms with E-state index >= 15 is 0 Å². The Kier molecular flexibility index (Phi) is 7.75. The molecule has 2 aliphatic heterocycles. The van der Waals surface area contributed by atoms with Crippen molar-refractivity contribution < 1.29 is 13.2 Å². The lowest BCUT2D eigenvalue weighted by Gasteiger charge is -2.34. The predicted octanol–water partition coefficient (Wildman–Crippen LogP) is 2.81. The molecular weight excluding hydrogens is 462 g/mol. The predicted molar refractivity (Wildman–Crippen MR) is 128 cm³/mol. The van der Waals surface area contributed by atoms with Crippen LogP contribution in [0.4, 0.5) is 5.69 Å². The van der Waals surface area contributed by atoms with Gasteiger partial charge in [0.05, 0.1) is 17.3 Å². The molecule has 0 saturated carbocycles. The van der Waals surface area contributed by atoms with Gasteiger partial charge in [-0.3, -0.25) is 9.78 Å². The van der Waals surface area contributed by atoms with Crippen LogP contribution >= 0.6 is 12.4 Å². The average Bonchev–Trinajstić information content (AvgIpc) is 3.12. The molecule has 1 unspecified atom stereocenters. The van der Waals surface area contributed by atoms with Gasteiger partial charge in [-0.05, 0) is 54.8 Å². The number of piperazine rings is 1. The van der Waals surface area contributed by atoms with Crippen LogP contribution in [0.5, 0.6) is 0 Å². The highest BCUT2D eigenvalue weighted by molar-refractivity contribution is 7.89. The Morgan fingerprint density at radius 1 is 1.18 bits per heavy atom. The first-order valence-corrected chi connectivity index (χ1v) is 12.3. The van der Waals surface area contributed by atoms with Gasteiger partial charge in [0.2, 0.25) is 15.9 Å². The molecule has 176 valence electrons. The number of hydrogen-bond donors (Lipinski definition) is 1. The summed E-state index contributed by atoms with van der Waals surface area (Å²) in [6.45, 7) is 7.71. The van der Waals surface area contributed by atoms with Gasteiger partial charge in [-0.1, -0.05) is 13.8 Å². The summed E-state index contributed by atoms with van der Waals surface area (Å²) in [7, 11) is -3.64. The summed E-state index contributed by atoms with van der Waals surface area (Å²) in [6, 6.07) is 10.2. The van der Waals surface area contributed by atoms with Gasteiger partial charge < -0.3 is 10.2 Å². The highest BCUT2D eigenvalue weighted by Gasteiger charge is 2.34. The van der Waals surface area contributed by atoms with Crippen LogP contribution in [0.3, 0.4) is 0 Å². The fraction of sp³-hybridized carbons (Fsp3) is 0.435. The number of sulfonamides is 1. The first-order valence-electron chi connectivity index (χ1n) is 10.8. The van der Waals surface area contributed by atoms with E-state index in [-0.39, 0.29) is 23.2 Å². The highest BCUT2D eigenvalue weighted by atomic mass is 35.5. The topological polar surface area (TPSA) is 106 Å². The average molecular weight is 490 g/mol. The van der Waals surface area contributed by atoms with Crippen LogP contribution in [0.15, 0.2) is 41.4 Å². The lowest BCUT2D eigenvalue weighted by molar-refractivity contribution is -0.116. The van der Waals surface area contributed by atoms with E-state index in [0.29, 0.717) is 41.5 Å². The van der Waals surface area contributed by atoms with Crippen LogP contribution in [-0.2, 0) is 14.8 Å². The fourth-order valence-corrected chi connectivity index (χ4v) is 5.49. The Morgan fingerprint density at radius 2 is 1.91 bits per heavy atom. The minimum absolute atomic E-state index is 0. The number of anilines is 1. The third-order valence-electron chi connectivity index (χ3n) is 6.06. The van der Waals surface area contributed by atoms with Gasteiger partial charge in [0.25, 0.3) is 0 Å². The first kappa shape index (κ1) is 25.1. The zero-order valence-electron chi connectivity index (χ0n) is 18.7. The maximum Gasteiger partial charge on any atom is 0.244 e. The Labute approximate surface area is 201 Å². The molecule has 1 atom stereocenters. The number of benzene rings is 1. The Hall–Kier alpha value is -2.51. The normalized spacial score (nSPS) is 19.0. The van der Waals surface area contributed by atoms with E-state index < -0.39 is 15.9 Å². The second kappa shape index (κ2) is 10.2. The molecule has 1 N–H and O–H groups in total. The SMILES string of the molecule is CC(C)CCN1CCN(S(=O)(=O)c2ccc(C3C(=O)Nc4ccc(C#N)cc43)nc2)CC1.Cl. The second-order valence-electron chi connectivity index (χ2n) is 8.68. The van der Waals surface area contributed by atoms with Gasteiger partial charge in [-0.15, -0.1) is 12.4 Å². The Balaban J connectivity index is 0.00000306. The van der Waals surface area contributed by atoms with Gasteiger partial charge in [0.1, 0.15) is 10.8 Å². The molecule has 2 aliphatic rings. The number of carbonyl (C=O) groups is 1. The van der Waals surface area contributed by atoms with Crippen LogP contribution in [0.2, 0.25) is 0 Å². The summed E-state index contributed by atoms with van der Waals surface area (Å²) in [5.74, 6) is -0.281. The molecule has 0 spiro atoms. The number of aromatic nitrogens is 1. The molecule has 33 heavy (non-hydrogen) atoms. The number of nitrogens with zero attached hydrogens (tertiary/aromatic N) is 4. The lowest BCUT2D eigenvalue weighted by atomic mass is 9.95. The van der Waals surface area contributed by atoms with Gasteiger partial charge in [0, 0.05) is 38.1 Å². The number of amides is 1. The minimum Gasteiger partial charge on any atom is -0.325 e. The number of halogens is 1. The smallest absolute Gasteiger partial charge is 0.244 e. The van der Waals surface area contributed by atoms with Crippen LogP contribution in [0.25, 0.3) is 0 Å². The van der Waals surface area contributed by atoms with Crippen LogP contribution in [0.1, 0.15) is 43.0 Å². The zero-order valence-corrected chi connectivity index (χ0v) is 20.3. The summed E-state index contributed by atoms with van der Waals surface area (Å²) in [5, 5.41) is 12.0. The highest BCUT2D eigenvalue weighted by Crippen LogP contribution is 2.37. The molecule has 3 heterocycles. The van der Waals surface area contributed by atoms with Crippen molar-refractivity contribution in [3.63, 3.8) is 0 Å². The third-order valence-corrected chi connectivity index (χ3v) is 7.94. The van der Waals surface area contributed by atoms with E-state index in [1.54, 1.807) is 24.3 Å². The number of carbonyl (C=O) groups excluding carboxylic acids is 1. The maximum absolute atomic E-state index is 13.1. The quantitative estimate of drug-likeness (QED) is 0.668. The molecule has 1 aromatic carbocycles. The first-order chi connectivity index (χ1) is 15.3. The number of rotatable bonds is 6. The van der Waals surface area contributed by atoms with Gasteiger partial charge in [-0.2, -0.15) is 9.57 Å². The molecule has 1 amide bonds. The van der Waals surface area contributed by atoms with E-state index in [9.17, 15) is 13.2 Å². The van der Waals surface area contributed by atoms with Crippen LogP contribution in [-0.4, -0.2) is 61.2 Å². The number of pyridine rings is 1. The van der Waals surface area contributed by atoms with Crippen molar-refractivity contribution in [3.05, 3.63) is 53.3 Å². The van der Waals surface area contributed by atoms with Gasteiger partial charge in [0.15, 0.2) is 0 Å². The van der Waals surface area contributed by atoms with Gasteiger partial charge in [-0.25, -0.2) is 8.42 Å². The molecule has 1 fully saturated rings. The molecule has 1 aromatic heterocycles. The van der Waals surface area contributed by atoms with Crippen LogP contribution < -0.4 is 5.32 Å². The summed E-state index contributed by atoms with van der Waals surface area (Å²) in [4.78, 5) is 19.3. The summed E-state index contributed by atoms with van der Waals surface area (Å²) < 4.78 is 27.7. The molecule has 8 nitrogen and oxygen atoms in total. The third kappa shape index (κ3) is 5.20. The van der Waals surface area contributed by atoms with E-state index in [4.69, 9.17) is 5.26 Å². The number of hydrogen-bond acceptors (Lipinski definition) is 6. The summed E-state index contributed by atoms with van der Waals surface area (Å²) in [5.41, 5.74) is 2.23. The monoisotopic (exact) mass is 489 g/mol. The Bertz CT molecular complexity index is 1150. The molecule has 0 radical (unpaired) electrons. The standard InChI is InChI=1S/C23H27N5O3S.ClH/c1-16(2)7-8-27-9-11-28(12-10-27)32(30,31)18-4-6-21(25-15-18)22-19-13-17(14-24)3-5-20(19)26-23(22)29;/h3-6,13,15-16,22H,7-12H2,1-2H3,(H,26,29);1H. The molecule has 10 heteroatoms. The molecule has 0 bridgehead atoms. The largest absolute Gasteiger partial charge is 0.325 e. The molecular formula is C23H28ClN5O3S. The van der Waals surface area contributed by atoms with Crippen molar-refractivity contribution in [3.8, 4) is 6.07 Å². The van der Waals surface area contributed by atoms with Crippen LogP contribution in [0, 0.1) is 17.2 Å². The van der Waals surface area contributed by atoms with Crippen molar-refractivity contribution in [1.82, 2.24) is 14.2 Å². The molecule has 4 rings (SSSR count). The zero-order chi connectivity index (χ0) is 22.9. The number of fused-ring (bicyclic) bond motifs is 1. The van der Waals surface area contributed by atoms with Crippen molar-refractivity contribution in [2.75, 3.05) is 38.0 Å². The minimum atomic E-state index is -3.64. The maximum atomic E-state index is 13.1. The lowest BCUT2D eigenvalue weighted by Crippen LogP contribution is -2.48. The summed E-state index contributed by atoms with van der Waals surface area (Å²) >= 11 is 0. The van der Waals surface area contributed by atoms with Crippen molar-refractivity contribution in [2.45, 2.75) is 31.1 Å². The number of nitriles is 1. The summed E-state index contributed by atoms with van der Waals surface area (Å²) in [6.07, 6.45) is 2.43. The van der Waals surface area contributed by atoms with Crippen molar-refractivity contribution in [2.24, 2.45) is 5.92 Å². The molecule has 1 saturated heterocycles. The van der Waals surface area contributed by atoms with E-state index in [2.05, 4.69) is 35.1 Å². The second-order valence-corrected chi connectivity index (χ2v) is 10.6. The Morgan fingerprint density at radius 3 is 2.52 bits per heavy atom. The van der Waals surface area contributed by atoms with E-state index in [1.807, 2.05) is 0 Å². The molecule has 2 aromatic rings. The van der Waals surface area contributed by atoms with Crippen molar-refractivity contribution >= 4 is 34.0 Å². The van der Waals surface area contributed by atoms with Gasteiger partial charge >= 0.3 is 0 Å². The van der Waals surface area contributed by atoms with E-state index in [0.717, 1.165) is 26.1 Å². The molecule has 0 aliphatic carbocycles. The number of nitrogens with one attached hydrogen (secondary N) is 1. The fourth-order valence-electron chi connectivity index (χ4n) is 4.12.